The highest BCUT2D eigenvalue weighted by molar-refractivity contribution is 7.80. The largest absolute Gasteiger partial charge is 0.389 e. The number of nitrogens with two attached hydrogens (primary N) is 1. The van der Waals surface area contributed by atoms with Crippen molar-refractivity contribution in [2.24, 2.45) is 17.1 Å². The SMILES string of the molecule is NC(=S)c1cccc(-c2cn(C3CCOCC3)c3c(Cl)c(CNC(=O)C4CC5(CCN(CCC(=O)Nc6ccc(F)cc6)CC5)C4)ccc23)c1. The van der Waals surface area contributed by atoms with Gasteiger partial charge in [0.25, 0.3) is 0 Å². The predicted molar refractivity (Wildman–Crippen MR) is 200 cm³/mol. The molecule has 3 fully saturated rings. The number of halogens is 2. The van der Waals surface area contributed by atoms with Crippen LogP contribution in [0.4, 0.5) is 10.1 Å². The number of hydrogen-bond donors (Lipinski definition) is 3. The minimum atomic E-state index is -0.327. The fourth-order valence-electron chi connectivity index (χ4n) is 7.98. The number of rotatable bonds is 10. The summed E-state index contributed by atoms with van der Waals surface area (Å²) in [5, 5.41) is 7.74. The molecule has 1 aliphatic carbocycles. The van der Waals surface area contributed by atoms with Crippen molar-refractivity contribution in [3.05, 3.63) is 88.8 Å². The average Bonchev–Trinajstić information content (AvgIpc) is 3.51. The molecule has 2 saturated heterocycles. The van der Waals surface area contributed by atoms with Crippen LogP contribution in [0.2, 0.25) is 5.02 Å². The lowest BCUT2D eigenvalue weighted by molar-refractivity contribution is -0.135. The Kier molecular flexibility index (Phi) is 10.2. The highest BCUT2D eigenvalue weighted by atomic mass is 35.5. The van der Waals surface area contributed by atoms with Gasteiger partial charge in [-0.25, -0.2) is 4.39 Å². The van der Waals surface area contributed by atoms with E-state index in [1.165, 1.54) is 12.1 Å². The quantitative estimate of drug-likeness (QED) is 0.150. The summed E-state index contributed by atoms with van der Waals surface area (Å²) in [4.78, 5) is 28.4. The molecule has 4 aromatic rings. The van der Waals surface area contributed by atoms with Gasteiger partial charge in [-0.05, 0) is 98.5 Å². The number of nitrogens with zero attached hydrogens (tertiary/aromatic N) is 2. The van der Waals surface area contributed by atoms with Gasteiger partial charge in [0, 0.05) is 73.1 Å². The molecule has 50 heavy (non-hydrogen) atoms. The number of carbonyl (C=O) groups is 2. The molecule has 3 heterocycles. The van der Waals surface area contributed by atoms with Gasteiger partial charge in [-0.2, -0.15) is 0 Å². The number of likely N-dealkylation sites (tertiary alicyclic amines) is 1. The van der Waals surface area contributed by atoms with E-state index in [0.717, 1.165) is 84.8 Å². The fraction of sp³-hybridized carbons (Fsp3) is 0.410. The maximum absolute atomic E-state index is 13.3. The van der Waals surface area contributed by atoms with Crippen LogP contribution in [0, 0.1) is 17.2 Å². The second-order valence-corrected chi connectivity index (χ2v) is 15.0. The standard InChI is InChI=1S/C39H43ClFN5O3S/c40-35-27(4-9-32-33(25-2-1-3-26(20-25)37(42)50)24-46(36(32)35)31-11-18-49-19-12-31)23-43-38(48)28-21-39(22-28)13-16-45(17-14-39)15-10-34(47)44-30-7-5-29(41)6-8-30/h1-9,20,24,28,31H,10-19,21-23H2,(H2,42,50)(H,43,48)(H,44,47). The molecule has 1 aromatic heterocycles. The van der Waals surface area contributed by atoms with Crippen LogP contribution in [0.15, 0.2) is 66.9 Å². The molecule has 0 unspecified atom stereocenters. The molecule has 4 N–H and O–H groups in total. The van der Waals surface area contributed by atoms with Crippen LogP contribution in [0.3, 0.4) is 0 Å². The number of anilines is 1. The first-order valence-corrected chi connectivity index (χ1v) is 18.3. The second kappa shape index (κ2) is 14.8. The van der Waals surface area contributed by atoms with Gasteiger partial charge in [0.15, 0.2) is 0 Å². The predicted octanol–water partition coefficient (Wildman–Crippen LogP) is 7.22. The summed E-state index contributed by atoms with van der Waals surface area (Å²) in [6, 6.07) is 18.2. The maximum atomic E-state index is 13.3. The Hall–Kier alpha value is -3.83. The van der Waals surface area contributed by atoms with Gasteiger partial charge in [-0.3, -0.25) is 9.59 Å². The topological polar surface area (TPSA) is 102 Å². The van der Waals surface area contributed by atoms with Crippen molar-refractivity contribution in [3.8, 4) is 11.1 Å². The molecule has 8 nitrogen and oxygen atoms in total. The molecule has 2 amide bonds. The molecule has 262 valence electrons. The Bertz CT molecular complexity index is 1890. The third kappa shape index (κ3) is 7.44. The normalized spacial score (nSPS) is 18.2. The van der Waals surface area contributed by atoms with E-state index < -0.39 is 0 Å². The number of fused-ring (bicyclic) bond motifs is 1. The van der Waals surface area contributed by atoms with E-state index in [1.54, 1.807) is 12.1 Å². The average molecular weight is 716 g/mol. The molecule has 3 aliphatic rings. The van der Waals surface area contributed by atoms with Crippen molar-refractivity contribution < 1.29 is 18.7 Å². The fourth-order valence-corrected chi connectivity index (χ4v) is 8.44. The minimum Gasteiger partial charge on any atom is -0.389 e. The molecule has 3 aromatic carbocycles. The van der Waals surface area contributed by atoms with Crippen LogP contribution in [0.5, 0.6) is 0 Å². The van der Waals surface area contributed by atoms with E-state index in [0.29, 0.717) is 48.4 Å². The third-order valence-electron chi connectivity index (χ3n) is 10.9. The van der Waals surface area contributed by atoms with Crippen molar-refractivity contribution >= 4 is 57.2 Å². The van der Waals surface area contributed by atoms with E-state index in [1.807, 2.05) is 24.3 Å². The number of piperidine rings is 1. The van der Waals surface area contributed by atoms with E-state index in [4.69, 9.17) is 34.3 Å². The molecule has 2 aliphatic heterocycles. The third-order valence-corrected chi connectivity index (χ3v) is 11.6. The lowest BCUT2D eigenvalue weighted by atomic mass is 9.57. The Morgan fingerprint density at radius 1 is 1.04 bits per heavy atom. The summed E-state index contributed by atoms with van der Waals surface area (Å²) in [6.45, 7) is 4.32. The zero-order chi connectivity index (χ0) is 34.8. The molecule has 1 saturated carbocycles. The van der Waals surface area contributed by atoms with Crippen molar-refractivity contribution in [1.82, 2.24) is 14.8 Å². The number of ether oxygens (including phenoxy) is 1. The number of carbonyl (C=O) groups excluding carboxylic acids is 2. The van der Waals surface area contributed by atoms with Crippen LogP contribution < -0.4 is 16.4 Å². The zero-order valence-electron chi connectivity index (χ0n) is 28.1. The first kappa shape index (κ1) is 34.6. The molecule has 11 heteroatoms. The number of hydrogen-bond acceptors (Lipinski definition) is 5. The summed E-state index contributed by atoms with van der Waals surface area (Å²) >= 11 is 12.4. The van der Waals surface area contributed by atoms with E-state index in [9.17, 15) is 14.0 Å². The number of amides is 2. The summed E-state index contributed by atoms with van der Waals surface area (Å²) in [7, 11) is 0. The Morgan fingerprint density at radius 3 is 2.50 bits per heavy atom. The van der Waals surface area contributed by atoms with Crippen molar-refractivity contribution in [3.63, 3.8) is 0 Å². The van der Waals surface area contributed by atoms with Crippen LogP contribution in [0.25, 0.3) is 22.0 Å². The lowest BCUT2D eigenvalue weighted by Gasteiger charge is -2.51. The zero-order valence-corrected chi connectivity index (χ0v) is 29.6. The highest BCUT2D eigenvalue weighted by Gasteiger charge is 2.48. The Labute approximate surface area is 302 Å². The molecule has 1 spiro atoms. The first-order valence-electron chi connectivity index (χ1n) is 17.5. The number of benzene rings is 3. The van der Waals surface area contributed by atoms with E-state index in [-0.39, 0.29) is 35.0 Å². The van der Waals surface area contributed by atoms with Crippen LogP contribution in [-0.2, 0) is 20.9 Å². The van der Waals surface area contributed by atoms with Gasteiger partial charge >= 0.3 is 0 Å². The van der Waals surface area contributed by atoms with Crippen LogP contribution in [-0.4, -0.2) is 59.1 Å². The number of thiocarbonyl (C=S) groups is 1. The van der Waals surface area contributed by atoms with E-state index in [2.05, 4.69) is 38.4 Å². The van der Waals surface area contributed by atoms with Gasteiger partial charge in [0.2, 0.25) is 11.8 Å². The summed E-state index contributed by atoms with van der Waals surface area (Å²) in [6.07, 6.45) is 8.24. The van der Waals surface area contributed by atoms with Gasteiger partial charge in [0.1, 0.15) is 10.8 Å². The Morgan fingerprint density at radius 2 is 1.78 bits per heavy atom. The van der Waals surface area contributed by atoms with Crippen molar-refractivity contribution in [2.75, 3.05) is 38.2 Å². The van der Waals surface area contributed by atoms with Crippen LogP contribution in [0.1, 0.15) is 62.1 Å². The molecule has 0 atom stereocenters. The second-order valence-electron chi connectivity index (χ2n) is 14.1. The highest BCUT2D eigenvalue weighted by Crippen LogP contribution is 2.52. The number of nitrogens with one attached hydrogen (secondary N) is 2. The van der Waals surface area contributed by atoms with Crippen molar-refractivity contribution in [2.45, 2.75) is 57.5 Å². The van der Waals surface area contributed by atoms with Crippen LogP contribution >= 0.6 is 23.8 Å². The molecule has 0 radical (unpaired) electrons. The monoisotopic (exact) mass is 715 g/mol. The Balaban J connectivity index is 0.952. The maximum Gasteiger partial charge on any atom is 0.225 e. The molecule has 7 rings (SSSR count). The van der Waals surface area contributed by atoms with Gasteiger partial charge in [-0.1, -0.05) is 54.2 Å². The van der Waals surface area contributed by atoms with Gasteiger partial charge in [0.05, 0.1) is 10.5 Å². The molecular weight excluding hydrogens is 673 g/mol. The minimum absolute atomic E-state index is 0.00384. The molecule has 0 bridgehead atoms. The first-order chi connectivity index (χ1) is 24.2. The lowest BCUT2D eigenvalue weighted by Crippen LogP contribution is -2.51. The summed E-state index contributed by atoms with van der Waals surface area (Å²) < 4.78 is 21.1. The number of aromatic nitrogens is 1. The summed E-state index contributed by atoms with van der Waals surface area (Å²) in [5.41, 5.74) is 11.6. The van der Waals surface area contributed by atoms with Gasteiger partial charge < -0.3 is 30.6 Å². The smallest absolute Gasteiger partial charge is 0.225 e. The van der Waals surface area contributed by atoms with E-state index >= 15 is 0 Å². The van der Waals surface area contributed by atoms with Crippen molar-refractivity contribution in [1.29, 1.82) is 0 Å². The summed E-state index contributed by atoms with van der Waals surface area (Å²) in [5.74, 6) is -0.311. The van der Waals surface area contributed by atoms with Gasteiger partial charge in [-0.15, -0.1) is 0 Å². The molecular formula is C39H43ClFN5O3S.